The lowest BCUT2D eigenvalue weighted by Gasteiger charge is -2.20. The number of nitrogens with zero attached hydrogens (tertiary/aromatic N) is 1. The first-order chi connectivity index (χ1) is 9.13. The van der Waals surface area contributed by atoms with Gasteiger partial charge in [-0.1, -0.05) is 30.3 Å². The Morgan fingerprint density at radius 1 is 1.21 bits per heavy atom. The normalized spacial score (nSPS) is 24.2. The molecule has 19 heavy (non-hydrogen) atoms. The molecule has 1 heterocycles. The van der Waals surface area contributed by atoms with Crippen LogP contribution in [0.15, 0.2) is 30.3 Å². The second-order valence-corrected chi connectivity index (χ2v) is 5.53. The minimum Gasteiger partial charge on any atom is -0.480 e. The van der Waals surface area contributed by atoms with Gasteiger partial charge in [-0.2, -0.15) is 0 Å². The van der Waals surface area contributed by atoms with Gasteiger partial charge >= 0.3 is 5.97 Å². The predicted octanol–water partition coefficient (Wildman–Crippen LogP) is 1.87. The quantitative estimate of drug-likeness (QED) is 0.843. The monoisotopic (exact) mass is 259 g/mol. The topological polar surface area (TPSA) is 57.6 Å². The molecule has 1 aromatic rings. The van der Waals surface area contributed by atoms with E-state index in [2.05, 4.69) is 12.1 Å². The number of rotatable bonds is 3. The molecule has 0 bridgehead atoms. The van der Waals surface area contributed by atoms with Gasteiger partial charge in [0.2, 0.25) is 5.91 Å². The van der Waals surface area contributed by atoms with E-state index in [1.165, 1.54) is 5.56 Å². The van der Waals surface area contributed by atoms with Gasteiger partial charge in [0.15, 0.2) is 0 Å². The zero-order chi connectivity index (χ0) is 13.5. The van der Waals surface area contributed by atoms with Crippen molar-refractivity contribution in [3.05, 3.63) is 35.9 Å². The van der Waals surface area contributed by atoms with E-state index in [4.69, 9.17) is 5.11 Å². The van der Waals surface area contributed by atoms with Gasteiger partial charge < -0.3 is 10.0 Å². The van der Waals surface area contributed by atoms with Crippen molar-refractivity contribution in [1.82, 2.24) is 4.90 Å². The molecule has 1 saturated heterocycles. The predicted molar refractivity (Wildman–Crippen MR) is 69.7 cm³/mol. The molecule has 1 amide bonds. The van der Waals surface area contributed by atoms with Gasteiger partial charge in [-0.15, -0.1) is 0 Å². The van der Waals surface area contributed by atoms with Crippen molar-refractivity contribution < 1.29 is 14.7 Å². The fourth-order valence-corrected chi connectivity index (χ4v) is 2.89. The summed E-state index contributed by atoms with van der Waals surface area (Å²) in [5.41, 5.74) is 0.143. The first kappa shape index (κ1) is 12.2. The van der Waals surface area contributed by atoms with Crippen LogP contribution in [0.2, 0.25) is 0 Å². The largest absolute Gasteiger partial charge is 0.480 e. The first-order valence-electron chi connectivity index (χ1n) is 6.71. The number of carbonyl (C=O) groups is 2. The van der Waals surface area contributed by atoms with Crippen molar-refractivity contribution in [1.29, 1.82) is 0 Å². The standard InChI is InChI=1S/C15H17NO3/c17-13(15(7-8-15)14(18)19)16-9-6-12(10-16)11-4-2-1-3-5-11/h1-5,12H,6-10H2,(H,18,19). The average molecular weight is 259 g/mol. The second kappa shape index (κ2) is 4.37. The number of benzene rings is 1. The van der Waals surface area contributed by atoms with Crippen LogP contribution in [0.1, 0.15) is 30.7 Å². The molecule has 2 fully saturated rings. The Bertz CT molecular complexity index is 507. The third-order valence-electron chi connectivity index (χ3n) is 4.32. The van der Waals surface area contributed by atoms with Crippen LogP contribution in [0, 0.1) is 5.41 Å². The number of aliphatic carboxylic acids is 1. The zero-order valence-electron chi connectivity index (χ0n) is 10.7. The summed E-state index contributed by atoms with van der Waals surface area (Å²) in [5, 5.41) is 9.17. The molecule has 1 aliphatic heterocycles. The van der Waals surface area contributed by atoms with Gasteiger partial charge in [0.1, 0.15) is 5.41 Å². The molecule has 3 rings (SSSR count). The fourth-order valence-electron chi connectivity index (χ4n) is 2.89. The van der Waals surface area contributed by atoms with Crippen LogP contribution in [0.4, 0.5) is 0 Å². The second-order valence-electron chi connectivity index (χ2n) is 5.53. The fraction of sp³-hybridized carbons (Fsp3) is 0.467. The van der Waals surface area contributed by atoms with Gasteiger partial charge in [0, 0.05) is 19.0 Å². The lowest BCUT2D eigenvalue weighted by Crippen LogP contribution is -2.39. The minimum atomic E-state index is -1.09. The summed E-state index contributed by atoms with van der Waals surface area (Å²) < 4.78 is 0. The third kappa shape index (κ3) is 2.01. The number of hydrogen-bond donors (Lipinski definition) is 1. The third-order valence-corrected chi connectivity index (χ3v) is 4.32. The van der Waals surface area contributed by atoms with E-state index >= 15 is 0 Å². The molecule has 4 nitrogen and oxygen atoms in total. The lowest BCUT2D eigenvalue weighted by molar-refractivity contribution is -0.152. The number of hydrogen-bond acceptors (Lipinski definition) is 2. The molecule has 100 valence electrons. The van der Waals surface area contributed by atoms with Gasteiger partial charge in [-0.3, -0.25) is 9.59 Å². The maximum absolute atomic E-state index is 12.3. The van der Waals surface area contributed by atoms with E-state index in [0.29, 0.717) is 31.8 Å². The highest BCUT2D eigenvalue weighted by Gasteiger charge is 2.59. The summed E-state index contributed by atoms with van der Waals surface area (Å²) in [6.07, 6.45) is 1.91. The van der Waals surface area contributed by atoms with E-state index in [9.17, 15) is 9.59 Å². The lowest BCUT2D eigenvalue weighted by atomic mass is 9.99. The average Bonchev–Trinajstić information content (AvgIpc) is 3.10. The molecule has 1 unspecified atom stereocenters. The van der Waals surface area contributed by atoms with E-state index in [1.807, 2.05) is 18.2 Å². The van der Waals surface area contributed by atoms with Crippen LogP contribution in [-0.2, 0) is 9.59 Å². The molecular weight excluding hydrogens is 242 g/mol. The van der Waals surface area contributed by atoms with Gasteiger partial charge in [-0.25, -0.2) is 0 Å². The Morgan fingerprint density at radius 3 is 2.47 bits per heavy atom. The summed E-state index contributed by atoms with van der Waals surface area (Å²) in [6.45, 7) is 1.32. The smallest absolute Gasteiger partial charge is 0.319 e. The number of carboxylic acids is 1. The van der Waals surface area contributed by atoms with Crippen molar-refractivity contribution >= 4 is 11.9 Å². The zero-order valence-corrected chi connectivity index (χ0v) is 10.7. The molecule has 1 aromatic carbocycles. The van der Waals surface area contributed by atoms with E-state index in [-0.39, 0.29) is 5.91 Å². The minimum absolute atomic E-state index is 0.182. The summed E-state index contributed by atoms with van der Waals surface area (Å²) in [5.74, 6) is -0.797. The summed E-state index contributed by atoms with van der Waals surface area (Å²) in [4.78, 5) is 25.2. The van der Waals surface area contributed by atoms with Crippen LogP contribution >= 0.6 is 0 Å². The number of carbonyl (C=O) groups excluding carboxylic acids is 1. The highest BCUT2D eigenvalue weighted by Crippen LogP contribution is 2.48. The Labute approximate surface area is 112 Å². The van der Waals surface area contributed by atoms with Crippen molar-refractivity contribution in [3.8, 4) is 0 Å². The summed E-state index contributed by atoms with van der Waals surface area (Å²) in [7, 11) is 0. The molecule has 0 radical (unpaired) electrons. The molecule has 0 spiro atoms. The Balaban J connectivity index is 1.70. The Morgan fingerprint density at radius 2 is 1.89 bits per heavy atom. The maximum Gasteiger partial charge on any atom is 0.319 e. The summed E-state index contributed by atoms with van der Waals surface area (Å²) in [6, 6.07) is 10.1. The number of likely N-dealkylation sites (tertiary alicyclic amines) is 1. The molecule has 0 aromatic heterocycles. The SMILES string of the molecule is O=C(O)C1(C(=O)N2CCC(c3ccccc3)C2)CC1. The van der Waals surface area contributed by atoms with Gasteiger partial charge in [-0.05, 0) is 24.8 Å². The molecular formula is C15H17NO3. The van der Waals surface area contributed by atoms with Crippen LogP contribution in [0.5, 0.6) is 0 Å². The van der Waals surface area contributed by atoms with Crippen LogP contribution in [0.25, 0.3) is 0 Å². The van der Waals surface area contributed by atoms with Crippen LogP contribution < -0.4 is 0 Å². The maximum atomic E-state index is 12.3. The molecule has 1 aliphatic carbocycles. The number of amides is 1. The first-order valence-corrected chi connectivity index (χ1v) is 6.71. The number of carboxylic acid groups (broad SMARTS) is 1. The highest BCUT2D eigenvalue weighted by molar-refractivity contribution is 6.04. The van der Waals surface area contributed by atoms with E-state index in [1.54, 1.807) is 4.90 Å². The molecule has 1 N–H and O–H groups in total. The molecule has 1 atom stereocenters. The molecule has 1 saturated carbocycles. The highest BCUT2D eigenvalue weighted by atomic mass is 16.4. The van der Waals surface area contributed by atoms with Crippen molar-refractivity contribution in [2.24, 2.45) is 5.41 Å². The van der Waals surface area contributed by atoms with Crippen LogP contribution in [-0.4, -0.2) is 35.0 Å². The van der Waals surface area contributed by atoms with E-state index < -0.39 is 11.4 Å². The van der Waals surface area contributed by atoms with Crippen molar-refractivity contribution in [2.75, 3.05) is 13.1 Å². The Kier molecular flexibility index (Phi) is 2.81. The van der Waals surface area contributed by atoms with Crippen molar-refractivity contribution in [2.45, 2.75) is 25.2 Å². The van der Waals surface area contributed by atoms with Crippen LogP contribution in [0.3, 0.4) is 0 Å². The van der Waals surface area contributed by atoms with Gasteiger partial charge in [0.05, 0.1) is 0 Å². The summed E-state index contributed by atoms with van der Waals surface area (Å²) >= 11 is 0. The van der Waals surface area contributed by atoms with Gasteiger partial charge in [0.25, 0.3) is 0 Å². The molecule has 4 heteroatoms. The molecule has 2 aliphatic rings. The van der Waals surface area contributed by atoms with E-state index in [0.717, 1.165) is 6.42 Å². The Hall–Kier alpha value is -1.84. The van der Waals surface area contributed by atoms with Crippen molar-refractivity contribution in [3.63, 3.8) is 0 Å².